The van der Waals surface area contributed by atoms with Crippen LogP contribution in [0.1, 0.15) is 0 Å². The van der Waals surface area contributed by atoms with Crippen molar-refractivity contribution in [3.8, 4) is 0 Å². The molecular weight excluding hydrogens is 109 g/mol. The number of hydrogen-bond donors (Lipinski definition) is 0. The number of alkyl halides is 2. The van der Waals surface area contributed by atoms with Gasteiger partial charge in [0.05, 0.1) is 0 Å². The van der Waals surface area contributed by atoms with Gasteiger partial charge in [-0.15, -0.1) is 0 Å². The lowest BCUT2D eigenvalue weighted by molar-refractivity contribution is 0.204. The third-order valence-electron chi connectivity index (χ3n) is 0.218. The van der Waals surface area contributed by atoms with Crippen LogP contribution in [0.2, 0.25) is 0 Å². The molecule has 0 aromatic heterocycles. The molecule has 0 aliphatic heterocycles. The van der Waals surface area contributed by atoms with Crippen molar-refractivity contribution >= 4 is 11.6 Å². The van der Waals surface area contributed by atoms with Gasteiger partial charge in [-0.2, -0.15) is 0 Å². The molecule has 0 aromatic carbocycles. The van der Waals surface area contributed by atoms with Crippen LogP contribution in [0.3, 0.4) is 0 Å². The lowest BCUT2D eigenvalue weighted by Crippen LogP contribution is -1.76. The van der Waals surface area contributed by atoms with Crippen molar-refractivity contribution in [3.05, 3.63) is 11.6 Å². The summed E-state index contributed by atoms with van der Waals surface area (Å²) in [6, 6.07) is 0. The maximum atomic E-state index is 10.9. The van der Waals surface area contributed by atoms with E-state index in [1.807, 2.05) is 0 Å². The summed E-state index contributed by atoms with van der Waals surface area (Å²) >= 11 is 4.74. The Bertz CT molecular complexity index is 50.8. The molecule has 0 aromatic rings. The first-order valence-corrected chi connectivity index (χ1v) is 1.76. The fourth-order valence-electron chi connectivity index (χ4n) is 0.0550. The molecule has 0 fully saturated rings. The highest BCUT2D eigenvalue weighted by Gasteiger charge is 1.88. The van der Waals surface area contributed by atoms with Crippen LogP contribution in [-0.2, 0) is 0 Å². The molecule has 0 aliphatic carbocycles. The predicted octanol–water partition coefficient (Wildman–Crippen LogP) is 2.00. The van der Waals surface area contributed by atoms with E-state index in [0.717, 1.165) is 5.54 Å². The Kier molecular flexibility index (Phi) is 3.04. The Labute approximate surface area is 39.4 Å². The Morgan fingerprint density at radius 1 is 1.50 bits per heavy atom. The summed E-state index contributed by atoms with van der Waals surface area (Å²) in [6.07, 6.45) is -1.82. The zero-order valence-corrected chi connectivity index (χ0v) is 3.62. The minimum atomic E-state index is -2.41. The summed E-state index contributed by atoms with van der Waals surface area (Å²) in [7, 11) is 0. The monoisotopic (exact) mass is 112 g/mol. The van der Waals surface area contributed by atoms with Gasteiger partial charge in [-0.3, -0.25) is 0 Å². The third-order valence-corrected chi connectivity index (χ3v) is 0.364. The first-order valence-electron chi connectivity index (χ1n) is 1.32. The molecule has 0 nitrogen and oxygen atoms in total. The molecule has 0 aliphatic rings. The summed E-state index contributed by atoms with van der Waals surface area (Å²) in [5, 5.41) is 0. The number of hydrogen-bond acceptors (Lipinski definition) is 0. The molecule has 0 spiro atoms. The minimum Gasteiger partial charge on any atom is -0.206 e. The molecule has 36 valence electrons. The maximum Gasteiger partial charge on any atom is 0.258 e. The quantitative estimate of drug-likeness (QED) is 0.487. The molecule has 0 unspecified atom stereocenters. The van der Waals surface area contributed by atoms with Crippen molar-refractivity contribution in [1.82, 2.24) is 0 Å². The smallest absolute Gasteiger partial charge is 0.206 e. The van der Waals surface area contributed by atoms with Gasteiger partial charge in [-0.25, -0.2) is 8.78 Å². The van der Waals surface area contributed by atoms with Crippen LogP contribution in [-0.4, -0.2) is 6.43 Å². The van der Waals surface area contributed by atoms with Crippen molar-refractivity contribution in [2.75, 3.05) is 0 Å². The van der Waals surface area contributed by atoms with E-state index in [1.165, 1.54) is 0 Å². The first-order chi connectivity index (χ1) is 2.77. The van der Waals surface area contributed by atoms with Gasteiger partial charge < -0.3 is 0 Å². The zero-order valence-electron chi connectivity index (χ0n) is 2.87. The molecule has 0 atom stereocenters. The highest BCUT2D eigenvalue weighted by atomic mass is 35.5. The second-order valence-electron chi connectivity index (χ2n) is 0.653. The molecule has 3 heteroatoms. The fraction of sp³-hybridized carbons (Fsp3) is 0.333. The van der Waals surface area contributed by atoms with E-state index in [4.69, 9.17) is 11.6 Å². The van der Waals surface area contributed by atoms with Crippen LogP contribution in [0.4, 0.5) is 8.78 Å². The van der Waals surface area contributed by atoms with Gasteiger partial charge in [0, 0.05) is 5.54 Å². The Balaban J connectivity index is 3.03. The van der Waals surface area contributed by atoms with E-state index < -0.39 is 6.43 Å². The summed E-state index contributed by atoms with van der Waals surface area (Å²) in [5.74, 6) is 0. The molecular formula is C3H3ClF2. The lowest BCUT2D eigenvalue weighted by Gasteiger charge is -1.77. The maximum absolute atomic E-state index is 10.9. The van der Waals surface area contributed by atoms with Gasteiger partial charge in [-0.05, 0) is 6.08 Å². The number of allylic oxidation sites excluding steroid dienone is 1. The molecule has 0 bridgehead atoms. The summed E-state index contributed by atoms with van der Waals surface area (Å²) in [5.41, 5.74) is 0.796. The predicted molar refractivity (Wildman–Crippen MR) is 21.0 cm³/mol. The fourth-order valence-corrected chi connectivity index (χ4v) is 0.165. The molecule has 0 amide bonds. The first kappa shape index (κ1) is 5.89. The molecule has 0 N–H and O–H groups in total. The van der Waals surface area contributed by atoms with Crippen molar-refractivity contribution in [2.45, 2.75) is 6.43 Å². The van der Waals surface area contributed by atoms with Crippen LogP contribution >= 0.6 is 11.6 Å². The normalized spacial score (nSPS) is 11.3. The van der Waals surface area contributed by atoms with Gasteiger partial charge >= 0.3 is 0 Å². The van der Waals surface area contributed by atoms with Crippen molar-refractivity contribution in [2.24, 2.45) is 0 Å². The second-order valence-corrected chi connectivity index (χ2v) is 0.905. The van der Waals surface area contributed by atoms with Gasteiger partial charge in [0.15, 0.2) is 0 Å². The van der Waals surface area contributed by atoms with E-state index in [1.54, 1.807) is 0 Å². The third kappa shape index (κ3) is 3.89. The Morgan fingerprint density at radius 2 is 2.00 bits per heavy atom. The van der Waals surface area contributed by atoms with Gasteiger partial charge in [0.2, 0.25) is 0 Å². The van der Waals surface area contributed by atoms with Crippen LogP contribution in [0.25, 0.3) is 0 Å². The van der Waals surface area contributed by atoms with Crippen molar-refractivity contribution in [3.63, 3.8) is 0 Å². The van der Waals surface area contributed by atoms with E-state index in [0.29, 0.717) is 6.08 Å². The topological polar surface area (TPSA) is 0 Å². The average molecular weight is 113 g/mol. The lowest BCUT2D eigenvalue weighted by atomic mass is 10.7. The summed E-state index contributed by atoms with van der Waals surface area (Å²) < 4.78 is 21.7. The number of rotatable bonds is 1. The van der Waals surface area contributed by atoms with E-state index in [-0.39, 0.29) is 0 Å². The van der Waals surface area contributed by atoms with Crippen LogP contribution in [0.5, 0.6) is 0 Å². The van der Waals surface area contributed by atoms with Crippen molar-refractivity contribution < 1.29 is 8.78 Å². The highest BCUT2D eigenvalue weighted by molar-refractivity contribution is 6.25. The SMILES string of the molecule is FC(F)/C=C/Cl. The van der Waals surface area contributed by atoms with E-state index >= 15 is 0 Å². The van der Waals surface area contributed by atoms with Gasteiger partial charge in [0.25, 0.3) is 6.43 Å². The van der Waals surface area contributed by atoms with Crippen LogP contribution in [0.15, 0.2) is 11.6 Å². The average Bonchev–Trinajstić information content (AvgIpc) is 1.35. The Morgan fingerprint density at radius 3 is 2.00 bits per heavy atom. The van der Waals surface area contributed by atoms with E-state index in [2.05, 4.69) is 0 Å². The summed E-state index contributed by atoms with van der Waals surface area (Å²) in [4.78, 5) is 0. The van der Waals surface area contributed by atoms with Crippen LogP contribution < -0.4 is 0 Å². The summed E-state index contributed by atoms with van der Waals surface area (Å²) in [6.45, 7) is 0. The standard InChI is InChI=1S/C3H3ClF2/c4-2-1-3(5)6/h1-3H/b2-1+. The van der Waals surface area contributed by atoms with Gasteiger partial charge in [0.1, 0.15) is 0 Å². The van der Waals surface area contributed by atoms with Crippen LogP contribution in [0, 0.1) is 0 Å². The zero-order chi connectivity index (χ0) is 4.99. The Hall–Kier alpha value is -0.110. The number of halogens is 3. The molecule has 0 radical (unpaired) electrons. The molecule has 0 heterocycles. The largest absolute Gasteiger partial charge is 0.258 e. The van der Waals surface area contributed by atoms with Crippen molar-refractivity contribution in [1.29, 1.82) is 0 Å². The van der Waals surface area contributed by atoms with E-state index in [9.17, 15) is 8.78 Å². The molecule has 0 saturated carbocycles. The second kappa shape index (κ2) is 3.09. The highest BCUT2D eigenvalue weighted by Crippen LogP contribution is 1.93. The molecule has 0 saturated heterocycles. The molecule has 0 rings (SSSR count). The molecule has 6 heavy (non-hydrogen) atoms. The van der Waals surface area contributed by atoms with Gasteiger partial charge in [-0.1, -0.05) is 11.6 Å². The minimum absolute atomic E-state index is 0.599.